The average molecular weight is 407 g/mol. The van der Waals surface area contributed by atoms with Gasteiger partial charge in [0, 0.05) is 6.42 Å². The Bertz CT molecular complexity index is 1170. The summed E-state index contributed by atoms with van der Waals surface area (Å²) in [6.45, 7) is 5.88. The van der Waals surface area contributed by atoms with E-state index in [-0.39, 0.29) is 17.2 Å². The summed E-state index contributed by atoms with van der Waals surface area (Å²) in [7, 11) is 1.34. The van der Waals surface area contributed by atoms with Crippen LogP contribution in [0.25, 0.3) is 10.9 Å². The third-order valence-electron chi connectivity index (χ3n) is 5.62. The number of benzene rings is 2. The number of rotatable bonds is 5. The Labute approximate surface area is 174 Å². The summed E-state index contributed by atoms with van der Waals surface area (Å²) in [6, 6.07) is 13.5. The summed E-state index contributed by atoms with van der Waals surface area (Å²) >= 11 is 0. The van der Waals surface area contributed by atoms with Gasteiger partial charge in [0.15, 0.2) is 5.54 Å². The Balaban J connectivity index is 1.94. The number of aromatic nitrogens is 2. The zero-order valence-corrected chi connectivity index (χ0v) is 17.5. The molecule has 1 aromatic heterocycles. The number of methoxy groups -OCH3 is 1. The Morgan fingerprint density at radius 1 is 1.20 bits per heavy atom. The summed E-state index contributed by atoms with van der Waals surface area (Å²) in [5.41, 5.74) is 0.159. The van der Waals surface area contributed by atoms with Crippen molar-refractivity contribution in [2.45, 2.75) is 38.8 Å². The highest BCUT2D eigenvalue weighted by Crippen LogP contribution is 2.52. The summed E-state index contributed by atoms with van der Waals surface area (Å²) in [5, 5.41) is 11.9. The number of hydrogen-bond donors (Lipinski definition) is 1. The van der Waals surface area contributed by atoms with E-state index in [4.69, 9.17) is 9.72 Å². The highest BCUT2D eigenvalue weighted by Gasteiger charge is 2.68. The van der Waals surface area contributed by atoms with Gasteiger partial charge in [-0.2, -0.15) is 0 Å². The lowest BCUT2D eigenvalue weighted by molar-refractivity contribution is -0.143. The summed E-state index contributed by atoms with van der Waals surface area (Å²) in [5.74, 6) is 0.567. The maximum absolute atomic E-state index is 13.5. The predicted molar refractivity (Wildman–Crippen MR) is 114 cm³/mol. The van der Waals surface area contributed by atoms with E-state index in [1.807, 2.05) is 12.1 Å². The summed E-state index contributed by atoms with van der Waals surface area (Å²) in [6.07, 6.45) is 0.579. The van der Waals surface area contributed by atoms with Crippen LogP contribution >= 0.6 is 0 Å². The Kier molecular flexibility index (Phi) is 4.76. The van der Waals surface area contributed by atoms with Gasteiger partial charge in [-0.25, -0.2) is 14.5 Å². The third-order valence-corrected chi connectivity index (χ3v) is 5.62. The van der Waals surface area contributed by atoms with Gasteiger partial charge in [0.1, 0.15) is 17.6 Å². The summed E-state index contributed by atoms with van der Waals surface area (Å²) < 4.78 is 6.63. The molecule has 0 radical (unpaired) electrons. The maximum Gasteiger partial charge on any atom is 0.335 e. The van der Waals surface area contributed by atoms with E-state index in [9.17, 15) is 14.7 Å². The van der Waals surface area contributed by atoms with Crippen molar-refractivity contribution in [3.8, 4) is 5.75 Å². The molecule has 1 fully saturated rings. The number of carbonyl (C=O) groups is 1. The largest absolute Gasteiger partial charge is 0.508 e. The Morgan fingerprint density at radius 2 is 1.87 bits per heavy atom. The second kappa shape index (κ2) is 7.16. The molecule has 2 atom stereocenters. The second-order valence-electron chi connectivity index (χ2n) is 8.24. The highest BCUT2D eigenvalue weighted by molar-refractivity contribution is 5.90. The number of fused-ring (bicyclic) bond motifs is 1. The molecule has 7 nitrogen and oxygen atoms in total. The average Bonchev–Trinajstić information content (AvgIpc) is 3.33. The standard InChI is InChI=1S/C23H25N3O4/c1-14(2)13-19-24-18-8-6-5-7-17(18)21(28)25(19)26-20(23(26,3)22(29)30-4)15-9-11-16(27)12-10-15/h5-12,14,20,27H,13H2,1-4H3/t20-,23+,26?/m0/s1. The first kappa shape index (κ1) is 19.9. The first-order valence-corrected chi connectivity index (χ1v) is 9.96. The van der Waals surface area contributed by atoms with Gasteiger partial charge in [0.2, 0.25) is 0 Å². The highest BCUT2D eigenvalue weighted by atomic mass is 16.5. The molecule has 2 heterocycles. The van der Waals surface area contributed by atoms with Gasteiger partial charge < -0.3 is 9.84 Å². The van der Waals surface area contributed by atoms with E-state index in [0.717, 1.165) is 5.56 Å². The van der Waals surface area contributed by atoms with E-state index < -0.39 is 17.6 Å². The third kappa shape index (κ3) is 3.01. The van der Waals surface area contributed by atoms with E-state index in [0.29, 0.717) is 23.1 Å². The zero-order valence-electron chi connectivity index (χ0n) is 17.5. The van der Waals surface area contributed by atoms with E-state index in [1.165, 1.54) is 11.8 Å². The van der Waals surface area contributed by atoms with Crippen LogP contribution in [0, 0.1) is 5.92 Å². The number of aromatic hydroxyl groups is 1. The molecular formula is C23H25N3O4. The molecule has 1 aliphatic heterocycles. The molecule has 156 valence electrons. The van der Waals surface area contributed by atoms with Gasteiger partial charge in [0.25, 0.3) is 5.56 Å². The van der Waals surface area contributed by atoms with Crippen molar-refractivity contribution in [3.05, 3.63) is 70.3 Å². The van der Waals surface area contributed by atoms with Crippen LogP contribution in [0.15, 0.2) is 53.3 Å². The van der Waals surface area contributed by atoms with Crippen LogP contribution in [0.1, 0.15) is 38.2 Å². The smallest absolute Gasteiger partial charge is 0.335 e. The molecule has 0 amide bonds. The fourth-order valence-corrected chi connectivity index (χ4v) is 4.12. The normalized spacial score (nSPS) is 20.6. The lowest BCUT2D eigenvalue weighted by Gasteiger charge is -2.19. The van der Waals surface area contributed by atoms with Crippen molar-refractivity contribution in [1.29, 1.82) is 0 Å². The molecule has 0 saturated carbocycles. The molecule has 7 heteroatoms. The first-order chi connectivity index (χ1) is 14.3. The zero-order chi connectivity index (χ0) is 21.6. The minimum atomic E-state index is -1.06. The van der Waals surface area contributed by atoms with E-state index >= 15 is 0 Å². The Hall–Kier alpha value is -3.35. The van der Waals surface area contributed by atoms with E-state index in [1.54, 1.807) is 48.3 Å². The lowest BCUT2D eigenvalue weighted by atomic mass is 10.0. The van der Waals surface area contributed by atoms with Crippen molar-refractivity contribution in [2.75, 3.05) is 12.1 Å². The number of phenols is 1. The minimum absolute atomic E-state index is 0.135. The molecule has 0 bridgehead atoms. The van der Waals surface area contributed by atoms with Crippen LogP contribution in [0.4, 0.5) is 0 Å². The van der Waals surface area contributed by atoms with Crippen LogP contribution in [0.2, 0.25) is 0 Å². The number of nitrogens with zero attached hydrogens (tertiary/aromatic N) is 3. The van der Waals surface area contributed by atoms with Gasteiger partial charge in [-0.15, -0.1) is 0 Å². The van der Waals surface area contributed by atoms with Crippen molar-refractivity contribution < 1.29 is 14.6 Å². The van der Waals surface area contributed by atoms with Crippen LogP contribution in [0.5, 0.6) is 5.75 Å². The Morgan fingerprint density at radius 3 is 2.50 bits per heavy atom. The van der Waals surface area contributed by atoms with Crippen LogP contribution < -0.4 is 10.6 Å². The number of para-hydroxylation sites is 1. The molecule has 0 spiro atoms. The quantitative estimate of drug-likeness (QED) is 0.517. The van der Waals surface area contributed by atoms with Gasteiger partial charge in [-0.1, -0.05) is 38.1 Å². The van der Waals surface area contributed by atoms with Crippen LogP contribution in [-0.2, 0) is 16.0 Å². The number of ether oxygens (including phenoxy) is 1. The molecule has 0 unspecified atom stereocenters. The molecule has 1 aliphatic rings. The second-order valence-corrected chi connectivity index (χ2v) is 8.24. The molecule has 0 aliphatic carbocycles. The topological polar surface area (TPSA) is 84.4 Å². The molecular weight excluding hydrogens is 382 g/mol. The minimum Gasteiger partial charge on any atom is -0.508 e. The molecule has 30 heavy (non-hydrogen) atoms. The number of phenolic OH excluding ortho intramolecular Hbond substituents is 1. The molecule has 1 N–H and O–H groups in total. The van der Waals surface area contributed by atoms with Crippen LogP contribution in [-0.4, -0.2) is 33.4 Å². The lowest BCUT2D eigenvalue weighted by Crippen LogP contribution is -2.40. The van der Waals surface area contributed by atoms with Gasteiger partial charge in [-0.3, -0.25) is 9.80 Å². The van der Waals surface area contributed by atoms with Gasteiger partial charge in [0.05, 0.1) is 18.0 Å². The van der Waals surface area contributed by atoms with Crippen molar-refractivity contribution in [1.82, 2.24) is 9.66 Å². The SMILES string of the molecule is COC(=O)[C@@]1(C)[C@H](c2ccc(O)cc2)N1n1c(CC(C)C)nc2ccccc2c1=O. The maximum atomic E-state index is 13.5. The molecule has 3 aromatic rings. The first-order valence-electron chi connectivity index (χ1n) is 9.96. The fourth-order valence-electron chi connectivity index (χ4n) is 4.12. The number of carbonyl (C=O) groups excluding carboxylic acids is 1. The van der Waals surface area contributed by atoms with Crippen molar-refractivity contribution in [2.24, 2.45) is 5.92 Å². The molecule has 2 aromatic carbocycles. The monoisotopic (exact) mass is 407 g/mol. The number of hydrogen-bond acceptors (Lipinski definition) is 6. The fraction of sp³-hybridized carbons (Fsp3) is 0.348. The van der Waals surface area contributed by atoms with Crippen molar-refractivity contribution >= 4 is 16.9 Å². The predicted octanol–water partition coefficient (Wildman–Crippen LogP) is 2.93. The van der Waals surface area contributed by atoms with Gasteiger partial charge >= 0.3 is 5.97 Å². The number of esters is 1. The summed E-state index contributed by atoms with van der Waals surface area (Å²) in [4.78, 5) is 31.1. The molecule has 1 saturated heterocycles. The van der Waals surface area contributed by atoms with Crippen LogP contribution in [0.3, 0.4) is 0 Å². The molecule has 4 rings (SSSR count). The van der Waals surface area contributed by atoms with Gasteiger partial charge in [-0.05, 0) is 42.7 Å². The van der Waals surface area contributed by atoms with E-state index in [2.05, 4.69) is 13.8 Å². The van der Waals surface area contributed by atoms with Crippen molar-refractivity contribution in [3.63, 3.8) is 0 Å².